The monoisotopic (exact) mass is 207 g/mol. The molecule has 0 fully saturated rings. The maximum Gasteiger partial charge on any atom is 0.337 e. The second kappa shape index (κ2) is 4.41. The molecule has 1 aromatic carbocycles. The number of aliphatic hydroxyl groups is 1. The summed E-state index contributed by atoms with van der Waals surface area (Å²) in [6.45, 7) is 0. The zero-order valence-corrected chi connectivity index (χ0v) is 7.64. The maximum atomic E-state index is 10.5. The van der Waals surface area contributed by atoms with Crippen LogP contribution >= 0.6 is 0 Å². The van der Waals surface area contributed by atoms with Crippen LogP contribution < -0.4 is 11.3 Å². The van der Waals surface area contributed by atoms with Crippen LogP contribution in [0.15, 0.2) is 18.2 Å². The van der Waals surface area contributed by atoms with Crippen LogP contribution in [-0.2, 0) is 4.79 Å². The number of nitriles is 1. The summed E-state index contributed by atoms with van der Waals surface area (Å²) in [6, 6.07) is 5.96. The van der Waals surface area contributed by atoms with E-state index in [4.69, 9.17) is 16.2 Å². The number of benzene rings is 1. The number of carboxylic acid groups (broad SMARTS) is 1. The fourth-order valence-corrected chi connectivity index (χ4v) is 1.11. The van der Waals surface area contributed by atoms with Crippen molar-refractivity contribution in [1.29, 1.82) is 5.26 Å². The minimum atomic E-state index is -1.70. The third-order valence-electron chi connectivity index (χ3n) is 1.87. The van der Waals surface area contributed by atoms with E-state index < -0.39 is 12.1 Å². The number of nitrogen functional groups attached to an aromatic ring is 1. The number of carboxylic acids is 1. The summed E-state index contributed by atoms with van der Waals surface area (Å²) in [5.74, 6) is 3.72. The SMILES string of the molecule is N#Cc1cc(NN)ccc1C(O)C(=O)O. The van der Waals surface area contributed by atoms with Crippen molar-refractivity contribution in [3.05, 3.63) is 29.3 Å². The minimum Gasteiger partial charge on any atom is -0.479 e. The molecule has 0 aromatic heterocycles. The molecule has 6 heteroatoms. The molecule has 0 saturated heterocycles. The molecule has 0 bridgehead atoms. The third kappa shape index (κ3) is 2.22. The molecule has 0 aliphatic carbocycles. The van der Waals surface area contributed by atoms with Crippen LogP contribution in [0.25, 0.3) is 0 Å². The van der Waals surface area contributed by atoms with E-state index in [-0.39, 0.29) is 11.1 Å². The molecule has 0 saturated carbocycles. The molecule has 0 amide bonds. The number of hydrazine groups is 1. The predicted molar refractivity (Wildman–Crippen MR) is 51.6 cm³/mol. The predicted octanol–water partition coefficient (Wildman–Crippen LogP) is -0.0381. The van der Waals surface area contributed by atoms with Crippen LogP contribution in [0.2, 0.25) is 0 Å². The number of hydrogen-bond donors (Lipinski definition) is 4. The molecule has 5 N–H and O–H groups in total. The van der Waals surface area contributed by atoms with Gasteiger partial charge in [0.25, 0.3) is 0 Å². The minimum absolute atomic E-state index is 0.0454. The molecular weight excluding hydrogens is 198 g/mol. The van der Waals surface area contributed by atoms with E-state index in [2.05, 4.69) is 5.43 Å². The van der Waals surface area contributed by atoms with Gasteiger partial charge in [0.15, 0.2) is 6.10 Å². The normalized spacial score (nSPS) is 11.5. The Morgan fingerprint density at radius 3 is 2.73 bits per heavy atom. The summed E-state index contributed by atoms with van der Waals surface area (Å²) in [5.41, 5.74) is 2.90. The van der Waals surface area contributed by atoms with Crippen molar-refractivity contribution in [2.24, 2.45) is 5.84 Å². The molecule has 6 nitrogen and oxygen atoms in total. The van der Waals surface area contributed by atoms with Crippen molar-refractivity contribution in [3.8, 4) is 6.07 Å². The number of hydrogen-bond acceptors (Lipinski definition) is 5. The topological polar surface area (TPSA) is 119 Å². The fraction of sp³-hybridized carbons (Fsp3) is 0.111. The van der Waals surface area contributed by atoms with E-state index in [0.29, 0.717) is 5.69 Å². The summed E-state index contributed by atoms with van der Waals surface area (Å²) in [7, 11) is 0. The summed E-state index contributed by atoms with van der Waals surface area (Å²) >= 11 is 0. The molecule has 0 heterocycles. The van der Waals surface area contributed by atoms with E-state index >= 15 is 0 Å². The van der Waals surface area contributed by atoms with Gasteiger partial charge in [-0.15, -0.1) is 0 Å². The first-order chi connectivity index (χ1) is 7.10. The molecule has 0 aliphatic heterocycles. The van der Waals surface area contributed by atoms with Gasteiger partial charge in [0.1, 0.15) is 0 Å². The smallest absolute Gasteiger partial charge is 0.337 e. The number of nitrogens with zero attached hydrogens (tertiary/aromatic N) is 1. The van der Waals surface area contributed by atoms with Gasteiger partial charge in [-0.1, -0.05) is 6.07 Å². The van der Waals surface area contributed by atoms with Crippen LogP contribution in [0.4, 0.5) is 5.69 Å². The summed E-state index contributed by atoms with van der Waals surface area (Å²) < 4.78 is 0. The van der Waals surface area contributed by atoms with Crippen LogP contribution in [0, 0.1) is 11.3 Å². The Balaban J connectivity index is 3.20. The Morgan fingerprint density at radius 2 is 2.27 bits per heavy atom. The number of aliphatic carboxylic acids is 1. The number of nitrogens with one attached hydrogen (secondary N) is 1. The highest BCUT2D eigenvalue weighted by molar-refractivity contribution is 5.75. The standard InChI is InChI=1S/C9H9N3O3/c10-4-5-3-6(12-11)1-2-7(5)8(13)9(14)15/h1-3,8,12-13H,11H2,(H,14,15). The molecule has 1 aromatic rings. The zero-order chi connectivity index (χ0) is 11.4. The van der Waals surface area contributed by atoms with Gasteiger partial charge in [-0.05, 0) is 12.1 Å². The molecular formula is C9H9N3O3. The lowest BCUT2D eigenvalue weighted by molar-refractivity contribution is -0.146. The number of aliphatic hydroxyl groups excluding tert-OH is 1. The molecule has 78 valence electrons. The second-order valence-electron chi connectivity index (χ2n) is 2.80. The molecule has 0 spiro atoms. The van der Waals surface area contributed by atoms with Gasteiger partial charge < -0.3 is 15.6 Å². The van der Waals surface area contributed by atoms with Crippen molar-refractivity contribution < 1.29 is 15.0 Å². The molecule has 1 unspecified atom stereocenters. The molecule has 0 radical (unpaired) electrons. The van der Waals surface area contributed by atoms with Gasteiger partial charge in [0, 0.05) is 11.3 Å². The highest BCUT2D eigenvalue weighted by atomic mass is 16.4. The molecule has 1 atom stereocenters. The van der Waals surface area contributed by atoms with Gasteiger partial charge >= 0.3 is 5.97 Å². The first-order valence-electron chi connectivity index (χ1n) is 4.01. The van der Waals surface area contributed by atoms with Gasteiger partial charge in [-0.3, -0.25) is 5.84 Å². The average Bonchev–Trinajstić information content (AvgIpc) is 2.27. The van der Waals surface area contributed by atoms with E-state index in [9.17, 15) is 9.90 Å². The molecule has 0 aliphatic rings. The van der Waals surface area contributed by atoms with E-state index in [1.54, 1.807) is 6.07 Å². The second-order valence-corrected chi connectivity index (χ2v) is 2.80. The lowest BCUT2D eigenvalue weighted by atomic mass is 10.0. The largest absolute Gasteiger partial charge is 0.479 e. The van der Waals surface area contributed by atoms with Gasteiger partial charge in [0.05, 0.1) is 11.6 Å². The van der Waals surface area contributed by atoms with Crippen molar-refractivity contribution >= 4 is 11.7 Å². The van der Waals surface area contributed by atoms with Crippen molar-refractivity contribution in [1.82, 2.24) is 0 Å². The molecule has 15 heavy (non-hydrogen) atoms. The van der Waals surface area contributed by atoms with Gasteiger partial charge in [0.2, 0.25) is 0 Å². The number of nitrogens with two attached hydrogens (primary N) is 1. The Bertz CT molecular complexity index is 425. The maximum absolute atomic E-state index is 10.5. The highest BCUT2D eigenvalue weighted by Crippen LogP contribution is 2.21. The Hall–Kier alpha value is -2.10. The zero-order valence-electron chi connectivity index (χ0n) is 7.64. The lowest BCUT2D eigenvalue weighted by Gasteiger charge is -2.09. The highest BCUT2D eigenvalue weighted by Gasteiger charge is 2.19. The third-order valence-corrected chi connectivity index (χ3v) is 1.87. The number of carbonyl (C=O) groups is 1. The van der Waals surface area contributed by atoms with E-state index in [1.807, 2.05) is 0 Å². The summed E-state index contributed by atoms with van der Waals surface area (Å²) in [6.07, 6.45) is -1.70. The first-order valence-corrected chi connectivity index (χ1v) is 4.01. The van der Waals surface area contributed by atoms with Crippen molar-refractivity contribution in [2.45, 2.75) is 6.10 Å². The lowest BCUT2D eigenvalue weighted by Crippen LogP contribution is -2.13. The van der Waals surface area contributed by atoms with Crippen LogP contribution in [-0.4, -0.2) is 16.2 Å². The summed E-state index contributed by atoms with van der Waals surface area (Å²) in [4.78, 5) is 10.5. The molecule has 1 rings (SSSR count). The van der Waals surface area contributed by atoms with E-state index in [1.165, 1.54) is 18.2 Å². The number of rotatable bonds is 3. The quantitative estimate of drug-likeness (QED) is 0.408. The van der Waals surface area contributed by atoms with Crippen molar-refractivity contribution in [2.75, 3.05) is 5.43 Å². The fourth-order valence-electron chi connectivity index (χ4n) is 1.11. The summed E-state index contributed by atoms with van der Waals surface area (Å²) in [5, 5.41) is 26.6. The average molecular weight is 207 g/mol. The van der Waals surface area contributed by atoms with Crippen LogP contribution in [0.5, 0.6) is 0 Å². The van der Waals surface area contributed by atoms with Gasteiger partial charge in [-0.2, -0.15) is 5.26 Å². The Kier molecular flexibility index (Phi) is 3.23. The Labute approximate surface area is 85.5 Å². The van der Waals surface area contributed by atoms with Crippen LogP contribution in [0.3, 0.4) is 0 Å². The first kappa shape index (κ1) is 11.0. The Morgan fingerprint density at radius 1 is 1.60 bits per heavy atom. The van der Waals surface area contributed by atoms with E-state index in [0.717, 1.165) is 0 Å². The number of anilines is 1. The van der Waals surface area contributed by atoms with Crippen LogP contribution in [0.1, 0.15) is 17.2 Å². The van der Waals surface area contributed by atoms with Gasteiger partial charge in [-0.25, -0.2) is 4.79 Å². The van der Waals surface area contributed by atoms with Crippen molar-refractivity contribution in [3.63, 3.8) is 0 Å².